The summed E-state index contributed by atoms with van der Waals surface area (Å²) in [5.41, 5.74) is 1.95. The molecule has 1 aliphatic rings. The van der Waals surface area contributed by atoms with Gasteiger partial charge < -0.3 is 9.80 Å². The van der Waals surface area contributed by atoms with Gasteiger partial charge in [-0.25, -0.2) is 0 Å². The van der Waals surface area contributed by atoms with Gasteiger partial charge in [-0.1, -0.05) is 0 Å². The van der Waals surface area contributed by atoms with Crippen LogP contribution in [0.25, 0.3) is 0 Å². The van der Waals surface area contributed by atoms with E-state index in [1.807, 2.05) is 6.07 Å². The van der Waals surface area contributed by atoms with Gasteiger partial charge in [0.05, 0.1) is 0 Å². The Kier molecular flexibility index (Phi) is 4.63. The lowest BCUT2D eigenvalue weighted by atomic mass is 10.0. The van der Waals surface area contributed by atoms with Gasteiger partial charge in [0.2, 0.25) is 0 Å². The van der Waals surface area contributed by atoms with Crippen LogP contribution in [0.3, 0.4) is 0 Å². The van der Waals surface area contributed by atoms with Crippen molar-refractivity contribution < 1.29 is 4.79 Å². The molecule has 1 heterocycles. The minimum absolute atomic E-state index is 0.100. The zero-order chi connectivity index (χ0) is 14.0. The summed E-state index contributed by atoms with van der Waals surface area (Å²) in [6, 6.07) is 6.65. The van der Waals surface area contributed by atoms with E-state index in [9.17, 15) is 4.79 Å². The molecule has 1 aromatic rings. The van der Waals surface area contributed by atoms with Crippen molar-refractivity contribution >= 4 is 27.4 Å². The zero-order valence-corrected chi connectivity index (χ0v) is 13.4. The molecule has 2 rings (SSSR count). The number of carbonyl (C=O) groups excluding carboxylic acids is 1. The van der Waals surface area contributed by atoms with Crippen LogP contribution in [0.1, 0.15) is 30.1 Å². The Balaban J connectivity index is 2.18. The van der Waals surface area contributed by atoms with Gasteiger partial charge in [0.15, 0.2) is 5.78 Å². The van der Waals surface area contributed by atoms with Crippen molar-refractivity contribution in [2.24, 2.45) is 0 Å². The molecule has 0 aliphatic carbocycles. The zero-order valence-electron chi connectivity index (χ0n) is 11.8. The molecule has 0 bridgehead atoms. The van der Waals surface area contributed by atoms with Crippen LogP contribution in [0.4, 0.5) is 5.69 Å². The molecule has 1 unspecified atom stereocenters. The van der Waals surface area contributed by atoms with Crippen molar-refractivity contribution in [2.75, 3.05) is 32.1 Å². The highest BCUT2D eigenvalue weighted by molar-refractivity contribution is 9.10. The first-order chi connectivity index (χ1) is 8.99. The average Bonchev–Trinajstić information content (AvgIpc) is 2.38. The molecule has 0 radical (unpaired) electrons. The first-order valence-electron chi connectivity index (χ1n) is 6.71. The van der Waals surface area contributed by atoms with Crippen LogP contribution in [0.15, 0.2) is 22.7 Å². The van der Waals surface area contributed by atoms with Crippen LogP contribution in [0.5, 0.6) is 0 Å². The highest BCUT2D eigenvalue weighted by Gasteiger charge is 2.22. The Bertz CT molecular complexity index is 473. The summed E-state index contributed by atoms with van der Waals surface area (Å²) in [6.45, 7) is 3.75. The van der Waals surface area contributed by atoms with Crippen LogP contribution in [-0.2, 0) is 0 Å². The molecular formula is C15H21BrN2O. The van der Waals surface area contributed by atoms with Crippen LogP contribution in [-0.4, -0.2) is 43.9 Å². The van der Waals surface area contributed by atoms with E-state index in [4.69, 9.17) is 0 Å². The van der Waals surface area contributed by atoms with Gasteiger partial charge in [-0.05, 0) is 68.0 Å². The second-order valence-corrected chi connectivity index (χ2v) is 6.28. The number of likely N-dealkylation sites (N-methyl/N-ethyl adjacent to an activating group) is 1. The molecule has 104 valence electrons. The fourth-order valence-electron chi connectivity index (χ4n) is 2.60. The largest absolute Gasteiger partial charge is 0.370 e. The summed E-state index contributed by atoms with van der Waals surface area (Å²) < 4.78 is 0.893. The molecule has 0 aromatic heterocycles. The van der Waals surface area contributed by atoms with Gasteiger partial charge in [-0.3, -0.25) is 4.79 Å². The standard InChI is InChI=1S/C15H21BrN2O/c1-11(19)14-7-6-12(9-15(14)16)18-8-4-5-13(10-18)17(2)3/h6-7,9,13H,4-5,8,10H2,1-3H3. The molecule has 1 aliphatic heterocycles. The molecule has 0 N–H and O–H groups in total. The number of rotatable bonds is 3. The maximum Gasteiger partial charge on any atom is 0.160 e. The van der Waals surface area contributed by atoms with Crippen LogP contribution < -0.4 is 4.90 Å². The van der Waals surface area contributed by atoms with Crippen molar-refractivity contribution in [2.45, 2.75) is 25.8 Å². The van der Waals surface area contributed by atoms with Crippen molar-refractivity contribution in [3.63, 3.8) is 0 Å². The molecule has 1 fully saturated rings. The number of nitrogens with zero attached hydrogens (tertiary/aromatic N) is 2. The number of Topliss-reactive ketones (excluding diaryl/α,β-unsaturated/α-hetero) is 1. The quantitative estimate of drug-likeness (QED) is 0.798. The first kappa shape index (κ1) is 14.5. The van der Waals surface area contributed by atoms with Crippen molar-refractivity contribution in [1.29, 1.82) is 0 Å². The van der Waals surface area contributed by atoms with Gasteiger partial charge in [0, 0.05) is 34.9 Å². The minimum atomic E-state index is 0.100. The fourth-order valence-corrected chi connectivity index (χ4v) is 3.24. The lowest BCUT2D eigenvalue weighted by Gasteiger charge is -2.37. The maximum absolute atomic E-state index is 11.4. The lowest BCUT2D eigenvalue weighted by molar-refractivity contribution is 0.101. The smallest absolute Gasteiger partial charge is 0.160 e. The van der Waals surface area contributed by atoms with Crippen LogP contribution in [0, 0.1) is 0 Å². The van der Waals surface area contributed by atoms with E-state index < -0.39 is 0 Å². The van der Waals surface area contributed by atoms with Crippen molar-refractivity contribution in [1.82, 2.24) is 4.90 Å². The number of carbonyl (C=O) groups is 1. The summed E-state index contributed by atoms with van der Waals surface area (Å²) in [7, 11) is 4.28. The monoisotopic (exact) mass is 324 g/mol. The topological polar surface area (TPSA) is 23.6 Å². The van der Waals surface area contributed by atoms with Gasteiger partial charge in [-0.2, -0.15) is 0 Å². The second-order valence-electron chi connectivity index (χ2n) is 5.43. The van der Waals surface area contributed by atoms with Gasteiger partial charge in [-0.15, -0.1) is 0 Å². The molecule has 0 saturated carbocycles. The molecule has 0 spiro atoms. The molecule has 1 atom stereocenters. The van der Waals surface area contributed by atoms with Crippen LogP contribution in [0.2, 0.25) is 0 Å². The maximum atomic E-state index is 11.4. The Morgan fingerprint density at radius 3 is 2.74 bits per heavy atom. The summed E-state index contributed by atoms with van der Waals surface area (Å²) >= 11 is 3.50. The molecule has 1 aromatic carbocycles. The lowest BCUT2D eigenvalue weighted by Crippen LogP contribution is -2.45. The Hall–Kier alpha value is -0.870. The van der Waals surface area contributed by atoms with E-state index in [1.54, 1.807) is 6.92 Å². The summed E-state index contributed by atoms with van der Waals surface area (Å²) in [5, 5.41) is 0. The highest BCUT2D eigenvalue weighted by Crippen LogP contribution is 2.27. The number of piperidine rings is 1. The fraction of sp³-hybridized carbons (Fsp3) is 0.533. The summed E-state index contributed by atoms with van der Waals surface area (Å²) in [6.07, 6.45) is 2.48. The third kappa shape index (κ3) is 3.37. The SMILES string of the molecule is CC(=O)c1ccc(N2CCCC(N(C)C)C2)cc1Br. The summed E-state index contributed by atoms with van der Waals surface area (Å²) in [4.78, 5) is 16.1. The Morgan fingerprint density at radius 1 is 1.42 bits per heavy atom. The Labute approximate surface area is 123 Å². The van der Waals surface area contributed by atoms with E-state index >= 15 is 0 Å². The first-order valence-corrected chi connectivity index (χ1v) is 7.50. The number of anilines is 1. The summed E-state index contributed by atoms with van der Waals surface area (Å²) in [5.74, 6) is 0.100. The highest BCUT2D eigenvalue weighted by atomic mass is 79.9. The third-order valence-electron chi connectivity index (χ3n) is 3.82. The number of hydrogen-bond acceptors (Lipinski definition) is 3. The van der Waals surface area contributed by atoms with Gasteiger partial charge in [0.25, 0.3) is 0 Å². The second kappa shape index (κ2) is 6.06. The molecule has 1 saturated heterocycles. The normalized spacial score (nSPS) is 19.8. The number of halogens is 1. The van der Waals surface area contributed by atoms with E-state index in [1.165, 1.54) is 18.5 Å². The predicted molar refractivity (Wildman–Crippen MR) is 83.1 cm³/mol. The molecule has 19 heavy (non-hydrogen) atoms. The van der Waals surface area contributed by atoms with Gasteiger partial charge >= 0.3 is 0 Å². The van der Waals surface area contributed by atoms with E-state index in [0.29, 0.717) is 6.04 Å². The minimum Gasteiger partial charge on any atom is -0.370 e. The van der Waals surface area contributed by atoms with Gasteiger partial charge in [0.1, 0.15) is 0 Å². The molecular weight excluding hydrogens is 304 g/mol. The number of benzene rings is 1. The van der Waals surface area contributed by atoms with E-state index in [-0.39, 0.29) is 5.78 Å². The number of ketones is 1. The number of hydrogen-bond donors (Lipinski definition) is 0. The van der Waals surface area contributed by atoms with E-state index in [2.05, 4.69) is 52.0 Å². The van der Waals surface area contributed by atoms with Crippen LogP contribution >= 0.6 is 15.9 Å². The van der Waals surface area contributed by atoms with E-state index in [0.717, 1.165) is 23.1 Å². The third-order valence-corrected chi connectivity index (χ3v) is 4.48. The molecule has 3 nitrogen and oxygen atoms in total. The van der Waals surface area contributed by atoms with Crippen molar-refractivity contribution in [3.05, 3.63) is 28.2 Å². The van der Waals surface area contributed by atoms with Crippen molar-refractivity contribution in [3.8, 4) is 0 Å². The average molecular weight is 325 g/mol. The predicted octanol–water partition coefficient (Wildman–Crippen LogP) is 3.18. The Morgan fingerprint density at radius 2 is 2.16 bits per heavy atom. The molecule has 0 amide bonds. The molecule has 4 heteroatoms.